The molecule has 0 unspecified atom stereocenters. The predicted octanol–water partition coefficient (Wildman–Crippen LogP) is 1.51. The molecule has 1 aliphatic rings. The monoisotopic (exact) mass is 266 g/mol. The van der Waals surface area contributed by atoms with Crippen LogP contribution in [0.15, 0.2) is 24.3 Å². The molecule has 3 atom stereocenters. The highest BCUT2D eigenvalue weighted by Gasteiger charge is 2.27. The number of nitrogens with two attached hydrogens (primary N) is 1. The van der Waals surface area contributed by atoms with E-state index in [1.54, 1.807) is 12.1 Å². The Labute approximate surface area is 112 Å². The van der Waals surface area contributed by atoms with Gasteiger partial charge in [-0.1, -0.05) is 12.1 Å². The van der Waals surface area contributed by atoms with Crippen LogP contribution in [0, 0.1) is 5.82 Å². The molecule has 0 aromatic heterocycles. The van der Waals surface area contributed by atoms with Crippen molar-refractivity contribution in [1.29, 1.82) is 0 Å². The molecular weight excluding hydrogens is 247 g/mol. The van der Waals surface area contributed by atoms with Crippen LogP contribution in [-0.4, -0.2) is 24.7 Å². The number of hydrogen-bond acceptors (Lipinski definition) is 3. The van der Waals surface area contributed by atoms with Gasteiger partial charge in [-0.2, -0.15) is 0 Å². The lowest BCUT2D eigenvalue weighted by Gasteiger charge is -2.25. The largest absolute Gasteiger partial charge is 0.377 e. The Bertz CT molecular complexity index is 430. The molecule has 1 heterocycles. The Morgan fingerprint density at radius 1 is 1.47 bits per heavy atom. The Morgan fingerprint density at radius 3 is 2.68 bits per heavy atom. The Balaban J connectivity index is 2.07. The number of ether oxygens (including phenoxy) is 1. The standard InChI is InChI=1S/C14H19FN2O2/c1-9(12-3-2-8-19-12)17-13(14(16)18)10-4-6-11(15)7-5-10/h4-7,9,12-13,17H,2-3,8H2,1H3,(H2,16,18)/t9-,12-,13+/m0/s1. The number of carbonyl (C=O) groups excluding carboxylic acids is 1. The number of carbonyl (C=O) groups is 1. The molecule has 0 aliphatic carbocycles. The van der Waals surface area contributed by atoms with Gasteiger partial charge in [0.2, 0.25) is 5.91 Å². The van der Waals surface area contributed by atoms with Crippen molar-refractivity contribution in [3.63, 3.8) is 0 Å². The van der Waals surface area contributed by atoms with E-state index in [2.05, 4.69) is 5.32 Å². The first kappa shape index (κ1) is 14.0. The van der Waals surface area contributed by atoms with Gasteiger partial charge < -0.3 is 10.5 Å². The van der Waals surface area contributed by atoms with Gasteiger partial charge in [0.05, 0.1) is 6.10 Å². The Morgan fingerprint density at radius 2 is 2.16 bits per heavy atom. The molecule has 1 saturated heterocycles. The fraction of sp³-hybridized carbons (Fsp3) is 0.500. The number of nitrogens with one attached hydrogen (secondary N) is 1. The minimum atomic E-state index is -0.625. The molecule has 104 valence electrons. The maximum Gasteiger partial charge on any atom is 0.239 e. The number of rotatable bonds is 5. The van der Waals surface area contributed by atoms with Crippen LogP contribution in [0.2, 0.25) is 0 Å². The van der Waals surface area contributed by atoms with E-state index in [9.17, 15) is 9.18 Å². The molecule has 1 amide bonds. The zero-order valence-electron chi connectivity index (χ0n) is 10.9. The van der Waals surface area contributed by atoms with E-state index in [1.165, 1.54) is 12.1 Å². The SMILES string of the molecule is C[C@H](N[C@@H](C(N)=O)c1ccc(F)cc1)[C@@H]1CCCO1. The fourth-order valence-electron chi connectivity index (χ4n) is 2.36. The maximum atomic E-state index is 12.9. The summed E-state index contributed by atoms with van der Waals surface area (Å²) in [5, 5.41) is 3.17. The molecule has 1 aromatic carbocycles. The van der Waals surface area contributed by atoms with Gasteiger partial charge in [0.25, 0.3) is 0 Å². The minimum absolute atomic E-state index is 0.0186. The summed E-state index contributed by atoms with van der Waals surface area (Å²) >= 11 is 0. The van der Waals surface area contributed by atoms with Crippen molar-refractivity contribution in [2.75, 3.05) is 6.61 Å². The predicted molar refractivity (Wildman–Crippen MR) is 69.9 cm³/mol. The van der Waals surface area contributed by atoms with Crippen LogP contribution in [0.5, 0.6) is 0 Å². The summed E-state index contributed by atoms with van der Waals surface area (Å²) in [6.07, 6.45) is 2.11. The normalized spacial score (nSPS) is 22.1. The van der Waals surface area contributed by atoms with Crippen molar-refractivity contribution in [3.8, 4) is 0 Å². The van der Waals surface area contributed by atoms with E-state index in [-0.39, 0.29) is 18.0 Å². The summed E-state index contributed by atoms with van der Waals surface area (Å²) in [5.41, 5.74) is 6.08. The van der Waals surface area contributed by atoms with E-state index in [0.717, 1.165) is 19.4 Å². The Hall–Kier alpha value is -1.46. The van der Waals surface area contributed by atoms with Crippen molar-refractivity contribution < 1.29 is 13.9 Å². The van der Waals surface area contributed by atoms with Crippen molar-refractivity contribution >= 4 is 5.91 Å². The number of halogens is 1. The lowest BCUT2D eigenvalue weighted by Crippen LogP contribution is -2.44. The molecule has 3 N–H and O–H groups in total. The first-order valence-corrected chi connectivity index (χ1v) is 6.50. The van der Waals surface area contributed by atoms with E-state index in [0.29, 0.717) is 5.56 Å². The highest BCUT2D eigenvalue weighted by Crippen LogP contribution is 2.19. The van der Waals surface area contributed by atoms with Crippen LogP contribution < -0.4 is 11.1 Å². The lowest BCUT2D eigenvalue weighted by molar-refractivity contribution is -0.120. The molecule has 0 spiro atoms. The summed E-state index contributed by atoms with van der Waals surface area (Å²) in [7, 11) is 0. The summed E-state index contributed by atoms with van der Waals surface area (Å²) in [5.74, 6) is -0.810. The number of primary amides is 1. The maximum absolute atomic E-state index is 12.9. The fourth-order valence-corrected chi connectivity index (χ4v) is 2.36. The topological polar surface area (TPSA) is 64.3 Å². The summed E-state index contributed by atoms with van der Waals surface area (Å²) in [4.78, 5) is 11.6. The van der Waals surface area contributed by atoms with Crippen molar-refractivity contribution in [2.45, 2.75) is 38.0 Å². The van der Waals surface area contributed by atoms with Crippen LogP contribution in [-0.2, 0) is 9.53 Å². The average molecular weight is 266 g/mol. The second-order valence-corrected chi connectivity index (χ2v) is 4.89. The summed E-state index contributed by atoms with van der Waals surface area (Å²) in [6.45, 7) is 2.73. The van der Waals surface area contributed by atoms with Gasteiger partial charge >= 0.3 is 0 Å². The van der Waals surface area contributed by atoms with Gasteiger partial charge in [0.15, 0.2) is 0 Å². The number of benzene rings is 1. The zero-order valence-corrected chi connectivity index (χ0v) is 10.9. The molecular formula is C14H19FN2O2. The third-order valence-corrected chi connectivity index (χ3v) is 3.44. The smallest absolute Gasteiger partial charge is 0.239 e. The molecule has 4 nitrogen and oxygen atoms in total. The van der Waals surface area contributed by atoms with Gasteiger partial charge in [0, 0.05) is 12.6 Å². The van der Waals surface area contributed by atoms with Crippen LogP contribution in [0.1, 0.15) is 31.4 Å². The highest BCUT2D eigenvalue weighted by molar-refractivity contribution is 5.81. The van der Waals surface area contributed by atoms with Gasteiger partial charge in [-0.05, 0) is 37.5 Å². The molecule has 0 radical (unpaired) electrons. The van der Waals surface area contributed by atoms with Crippen molar-refractivity contribution in [3.05, 3.63) is 35.6 Å². The van der Waals surface area contributed by atoms with Gasteiger partial charge in [-0.15, -0.1) is 0 Å². The van der Waals surface area contributed by atoms with Crippen LogP contribution in [0.4, 0.5) is 4.39 Å². The van der Waals surface area contributed by atoms with E-state index >= 15 is 0 Å². The zero-order chi connectivity index (χ0) is 13.8. The third kappa shape index (κ3) is 3.52. The molecule has 0 saturated carbocycles. The second-order valence-electron chi connectivity index (χ2n) is 4.89. The lowest BCUT2D eigenvalue weighted by atomic mass is 10.0. The molecule has 1 aliphatic heterocycles. The first-order chi connectivity index (χ1) is 9.08. The van der Waals surface area contributed by atoms with E-state index < -0.39 is 11.9 Å². The Kier molecular flexibility index (Phi) is 4.50. The quantitative estimate of drug-likeness (QED) is 0.849. The van der Waals surface area contributed by atoms with Crippen molar-refractivity contribution in [2.24, 2.45) is 5.73 Å². The molecule has 1 fully saturated rings. The molecule has 2 rings (SSSR count). The third-order valence-electron chi connectivity index (χ3n) is 3.44. The van der Waals surface area contributed by atoms with Crippen LogP contribution in [0.25, 0.3) is 0 Å². The highest BCUT2D eigenvalue weighted by atomic mass is 19.1. The van der Waals surface area contributed by atoms with Crippen molar-refractivity contribution in [1.82, 2.24) is 5.32 Å². The number of amides is 1. The summed E-state index contributed by atoms with van der Waals surface area (Å²) < 4.78 is 18.5. The molecule has 1 aromatic rings. The first-order valence-electron chi connectivity index (χ1n) is 6.50. The van der Waals surface area contributed by atoms with Gasteiger partial charge in [0.1, 0.15) is 11.9 Å². The number of hydrogen-bond donors (Lipinski definition) is 2. The van der Waals surface area contributed by atoms with Gasteiger partial charge in [-0.3, -0.25) is 10.1 Å². The van der Waals surface area contributed by atoms with Crippen LogP contribution >= 0.6 is 0 Å². The molecule has 5 heteroatoms. The summed E-state index contributed by atoms with van der Waals surface area (Å²) in [6, 6.07) is 5.18. The molecule has 0 bridgehead atoms. The van der Waals surface area contributed by atoms with Crippen LogP contribution in [0.3, 0.4) is 0 Å². The van der Waals surface area contributed by atoms with E-state index in [1.807, 2.05) is 6.92 Å². The molecule has 19 heavy (non-hydrogen) atoms. The minimum Gasteiger partial charge on any atom is -0.377 e. The average Bonchev–Trinajstić information content (AvgIpc) is 2.90. The second kappa shape index (κ2) is 6.12. The van der Waals surface area contributed by atoms with E-state index in [4.69, 9.17) is 10.5 Å². The van der Waals surface area contributed by atoms with Gasteiger partial charge in [-0.25, -0.2) is 4.39 Å².